The highest BCUT2D eigenvalue weighted by atomic mass is 35.5. The Kier molecular flexibility index (Phi) is 7.26. The number of nitrogens with zero attached hydrogens (tertiary/aromatic N) is 1. The van der Waals surface area contributed by atoms with Crippen LogP contribution < -0.4 is 0 Å². The van der Waals surface area contributed by atoms with Gasteiger partial charge in [0.1, 0.15) is 5.82 Å². The van der Waals surface area contributed by atoms with E-state index in [2.05, 4.69) is 58.4 Å². The molecule has 1 aromatic heterocycles. The number of halogens is 2. The van der Waals surface area contributed by atoms with Gasteiger partial charge in [0, 0.05) is 54.6 Å². The molecule has 5 heteroatoms. The number of benzene rings is 3. The molecule has 4 aromatic rings. The van der Waals surface area contributed by atoms with Crippen molar-refractivity contribution < 1.29 is 9.18 Å². The lowest BCUT2D eigenvalue weighted by Crippen LogP contribution is -2.29. The van der Waals surface area contributed by atoms with Gasteiger partial charge in [-0.05, 0) is 59.9 Å². The average molecular weight is 463 g/mol. The van der Waals surface area contributed by atoms with Gasteiger partial charge in [-0.25, -0.2) is 4.39 Å². The van der Waals surface area contributed by atoms with E-state index in [1.54, 1.807) is 12.1 Å². The molecule has 2 heterocycles. The topological polar surface area (TPSA) is 36.1 Å². The summed E-state index contributed by atoms with van der Waals surface area (Å²) in [6.07, 6.45) is 3.13. The molecule has 0 saturated carbocycles. The van der Waals surface area contributed by atoms with Gasteiger partial charge < -0.3 is 4.98 Å². The van der Waals surface area contributed by atoms with Crippen LogP contribution in [-0.4, -0.2) is 22.2 Å². The Balaban J connectivity index is 0.00000259. The summed E-state index contributed by atoms with van der Waals surface area (Å²) in [6.45, 7) is 2.95. The maximum Gasteiger partial charge on any atom is 0.162 e. The second kappa shape index (κ2) is 10.3. The monoisotopic (exact) mass is 462 g/mol. The summed E-state index contributed by atoms with van der Waals surface area (Å²) >= 11 is 0. The molecule has 0 fully saturated rings. The van der Waals surface area contributed by atoms with Crippen LogP contribution in [0.2, 0.25) is 0 Å². The largest absolute Gasteiger partial charge is 0.358 e. The molecule has 5 rings (SSSR count). The number of H-pyrrole nitrogens is 1. The lowest BCUT2D eigenvalue weighted by molar-refractivity contribution is 0.0980. The number of hydrogen-bond donors (Lipinski definition) is 1. The molecule has 3 aromatic carbocycles. The van der Waals surface area contributed by atoms with Crippen molar-refractivity contribution >= 4 is 29.1 Å². The van der Waals surface area contributed by atoms with Crippen LogP contribution in [0.15, 0.2) is 72.8 Å². The number of fused-ring (bicyclic) bond motifs is 3. The third-order valence-corrected chi connectivity index (χ3v) is 6.43. The van der Waals surface area contributed by atoms with Crippen LogP contribution in [0.4, 0.5) is 4.39 Å². The molecule has 0 amide bonds. The number of aromatic nitrogens is 1. The Labute approximate surface area is 200 Å². The first-order valence-corrected chi connectivity index (χ1v) is 11.3. The van der Waals surface area contributed by atoms with E-state index in [1.165, 1.54) is 45.4 Å². The SMILES string of the molecule is Cl.O=C(CCCc1cccc2[nH]c3c(c12)CN(Cc1ccccc1)CC3)c1ccc(F)cc1. The first kappa shape index (κ1) is 23.2. The molecule has 33 heavy (non-hydrogen) atoms. The van der Waals surface area contributed by atoms with Crippen LogP contribution in [0.5, 0.6) is 0 Å². The number of aromatic amines is 1. The normalized spacial score (nSPS) is 13.5. The highest BCUT2D eigenvalue weighted by Gasteiger charge is 2.22. The number of aryl methyl sites for hydroxylation is 1. The lowest BCUT2D eigenvalue weighted by atomic mass is 9.96. The quantitative estimate of drug-likeness (QED) is 0.318. The lowest BCUT2D eigenvalue weighted by Gasteiger charge is -2.27. The van der Waals surface area contributed by atoms with Crippen molar-refractivity contribution in [3.63, 3.8) is 0 Å². The Morgan fingerprint density at radius 3 is 2.55 bits per heavy atom. The maximum atomic E-state index is 13.1. The van der Waals surface area contributed by atoms with Gasteiger partial charge in [0.25, 0.3) is 0 Å². The van der Waals surface area contributed by atoms with Gasteiger partial charge in [-0.15, -0.1) is 12.4 Å². The predicted octanol–water partition coefficient (Wildman–Crippen LogP) is 6.49. The zero-order valence-electron chi connectivity index (χ0n) is 18.5. The van der Waals surface area contributed by atoms with Crippen molar-refractivity contribution in [3.05, 3.63) is 107 Å². The van der Waals surface area contributed by atoms with E-state index < -0.39 is 0 Å². The number of nitrogens with one attached hydrogen (secondary N) is 1. The molecular weight excluding hydrogens is 435 g/mol. The fourth-order valence-corrected chi connectivity index (χ4v) is 4.81. The Hall–Kier alpha value is -2.95. The van der Waals surface area contributed by atoms with E-state index in [1.807, 2.05) is 0 Å². The number of carbonyl (C=O) groups is 1. The van der Waals surface area contributed by atoms with Gasteiger partial charge in [0.2, 0.25) is 0 Å². The van der Waals surface area contributed by atoms with Crippen molar-refractivity contribution in [1.82, 2.24) is 9.88 Å². The molecule has 0 atom stereocenters. The van der Waals surface area contributed by atoms with Crippen LogP contribution in [0.1, 0.15) is 45.6 Å². The minimum absolute atomic E-state index is 0. The summed E-state index contributed by atoms with van der Waals surface area (Å²) in [4.78, 5) is 18.6. The Morgan fingerprint density at radius 2 is 1.76 bits per heavy atom. The van der Waals surface area contributed by atoms with Crippen molar-refractivity contribution in [1.29, 1.82) is 0 Å². The number of ketones is 1. The first-order chi connectivity index (χ1) is 15.7. The van der Waals surface area contributed by atoms with Crippen molar-refractivity contribution in [3.8, 4) is 0 Å². The van der Waals surface area contributed by atoms with E-state index in [0.717, 1.165) is 38.9 Å². The van der Waals surface area contributed by atoms with E-state index in [9.17, 15) is 9.18 Å². The molecule has 1 aliphatic heterocycles. The van der Waals surface area contributed by atoms with Gasteiger partial charge in [-0.3, -0.25) is 9.69 Å². The summed E-state index contributed by atoms with van der Waals surface area (Å²) in [7, 11) is 0. The van der Waals surface area contributed by atoms with Crippen LogP contribution in [0.3, 0.4) is 0 Å². The Bertz CT molecular complexity index is 1230. The Morgan fingerprint density at radius 1 is 0.970 bits per heavy atom. The van der Waals surface area contributed by atoms with E-state index >= 15 is 0 Å². The molecule has 0 aliphatic carbocycles. The van der Waals surface area contributed by atoms with E-state index in [4.69, 9.17) is 0 Å². The van der Waals surface area contributed by atoms with Gasteiger partial charge in [0.05, 0.1) is 0 Å². The molecule has 1 N–H and O–H groups in total. The number of carbonyl (C=O) groups excluding carboxylic acids is 1. The molecule has 170 valence electrons. The highest BCUT2D eigenvalue weighted by Crippen LogP contribution is 2.31. The van der Waals surface area contributed by atoms with Crippen molar-refractivity contribution in [2.45, 2.75) is 38.8 Å². The highest BCUT2D eigenvalue weighted by molar-refractivity contribution is 5.96. The third kappa shape index (κ3) is 5.18. The molecule has 3 nitrogen and oxygen atoms in total. The van der Waals surface area contributed by atoms with Gasteiger partial charge in [-0.1, -0.05) is 42.5 Å². The molecule has 0 unspecified atom stereocenters. The average Bonchev–Trinajstić information content (AvgIpc) is 3.19. The fourth-order valence-electron chi connectivity index (χ4n) is 4.81. The molecule has 0 saturated heterocycles. The standard InChI is InChI=1S/C28H27FN2O.ClH/c29-23-14-12-21(13-15-23)27(32)11-5-9-22-8-4-10-26-28(22)24-19-31(17-16-25(24)30-26)18-20-6-2-1-3-7-20;/h1-4,6-8,10,12-15,30H,5,9,11,16-19H2;1H. The first-order valence-electron chi connectivity index (χ1n) is 11.3. The van der Waals surface area contributed by atoms with Crippen LogP contribution >= 0.6 is 12.4 Å². The van der Waals surface area contributed by atoms with Crippen LogP contribution in [0.25, 0.3) is 10.9 Å². The summed E-state index contributed by atoms with van der Waals surface area (Å²) < 4.78 is 13.1. The van der Waals surface area contributed by atoms with Crippen LogP contribution in [-0.2, 0) is 25.9 Å². The fraction of sp³-hybridized carbons (Fsp3) is 0.250. The molecule has 1 aliphatic rings. The minimum Gasteiger partial charge on any atom is -0.358 e. The molecular formula is C28H28ClFN2O. The summed E-state index contributed by atoms with van der Waals surface area (Å²) in [5.74, 6) is -0.242. The number of hydrogen-bond acceptors (Lipinski definition) is 2. The van der Waals surface area contributed by atoms with Gasteiger partial charge in [0.15, 0.2) is 5.78 Å². The van der Waals surface area contributed by atoms with Gasteiger partial charge >= 0.3 is 0 Å². The second-order valence-electron chi connectivity index (χ2n) is 8.65. The molecule has 0 bridgehead atoms. The van der Waals surface area contributed by atoms with Crippen molar-refractivity contribution in [2.24, 2.45) is 0 Å². The summed E-state index contributed by atoms with van der Waals surface area (Å²) in [5.41, 5.74) is 7.17. The zero-order chi connectivity index (χ0) is 21.9. The minimum atomic E-state index is -0.313. The second-order valence-corrected chi connectivity index (χ2v) is 8.65. The summed E-state index contributed by atoms with van der Waals surface area (Å²) in [6, 6.07) is 22.9. The molecule has 0 spiro atoms. The van der Waals surface area contributed by atoms with E-state index in [-0.39, 0.29) is 24.0 Å². The maximum absolute atomic E-state index is 13.1. The third-order valence-electron chi connectivity index (χ3n) is 6.43. The van der Waals surface area contributed by atoms with Crippen molar-refractivity contribution in [2.75, 3.05) is 6.54 Å². The van der Waals surface area contributed by atoms with E-state index in [0.29, 0.717) is 12.0 Å². The number of rotatable bonds is 7. The number of Topliss-reactive ketones (excluding diaryl/α,β-unsaturated/α-hetero) is 1. The molecule has 0 radical (unpaired) electrons. The zero-order valence-corrected chi connectivity index (χ0v) is 19.3. The summed E-state index contributed by atoms with van der Waals surface area (Å²) in [5, 5.41) is 1.33. The smallest absolute Gasteiger partial charge is 0.162 e. The van der Waals surface area contributed by atoms with Gasteiger partial charge in [-0.2, -0.15) is 0 Å². The van der Waals surface area contributed by atoms with Crippen LogP contribution in [0, 0.1) is 5.82 Å². The predicted molar refractivity (Wildman–Crippen MR) is 133 cm³/mol.